The SMILES string of the molecule is CC(C)C(O)C1(CNC(=O)C2CCNCC2)CC1. The fourth-order valence-electron chi connectivity index (χ4n) is 2.94. The molecule has 1 atom stereocenters. The summed E-state index contributed by atoms with van der Waals surface area (Å²) >= 11 is 0. The lowest BCUT2D eigenvalue weighted by atomic mass is 9.89. The molecule has 0 aromatic heterocycles. The molecule has 3 N–H and O–H groups in total. The number of carbonyl (C=O) groups excluding carboxylic acids is 1. The number of rotatable bonds is 5. The highest BCUT2D eigenvalue weighted by atomic mass is 16.3. The highest BCUT2D eigenvalue weighted by Gasteiger charge is 2.49. The predicted molar refractivity (Wildman–Crippen MR) is 71.1 cm³/mol. The number of carbonyl (C=O) groups is 1. The maximum Gasteiger partial charge on any atom is 0.223 e. The molecule has 0 bridgehead atoms. The first kappa shape index (κ1) is 13.8. The van der Waals surface area contributed by atoms with Crippen molar-refractivity contribution in [2.45, 2.75) is 45.6 Å². The zero-order valence-electron chi connectivity index (χ0n) is 11.5. The molecule has 1 heterocycles. The molecule has 2 aliphatic rings. The van der Waals surface area contributed by atoms with Crippen molar-refractivity contribution in [2.75, 3.05) is 19.6 Å². The van der Waals surface area contributed by atoms with Crippen LogP contribution in [0.2, 0.25) is 0 Å². The summed E-state index contributed by atoms with van der Waals surface area (Å²) in [4.78, 5) is 12.0. The number of piperidine rings is 1. The Bertz CT molecular complexity index is 294. The van der Waals surface area contributed by atoms with Crippen LogP contribution in [0.3, 0.4) is 0 Å². The Hall–Kier alpha value is -0.610. The summed E-state index contributed by atoms with van der Waals surface area (Å²) in [6.45, 7) is 6.61. The first-order valence-electron chi connectivity index (χ1n) is 7.22. The van der Waals surface area contributed by atoms with Crippen molar-refractivity contribution < 1.29 is 9.90 Å². The molecule has 0 radical (unpaired) electrons. The van der Waals surface area contributed by atoms with Crippen molar-refractivity contribution in [1.29, 1.82) is 0 Å². The molecule has 1 unspecified atom stereocenters. The molecule has 104 valence electrons. The van der Waals surface area contributed by atoms with E-state index in [-0.39, 0.29) is 29.3 Å². The minimum atomic E-state index is -0.286. The average molecular weight is 254 g/mol. The third-order valence-corrected chi connectivity index (χ3v) is 4.48. The molecule has 1 aliphatic heterocycles. The largest absolute Gasteiger partial charge is 0.392 e. The van der Waals surface area contributed by atoms with Gasteiger partial charge in [-0.1, -0.05) is 13.8 Å². The van der Waals surface area contributed by atoms with E-state index < -0.39 is 0 Å². The monoisotopic (exact) mass is 254 g/mol. The van der Waals surface area contributed by atoms with E-state index in [1.54, 1.807) is 0 Å². The Morgan fingerprint density at radius 2 is 2.00 bits per heavy atom. The molecule has 1 saturated carbocycles. The molecule has 2 fully saturated rings. The molecular weight excluding hydrogens is 228 g/mol. The first-order chi connectivity index (χ1) is 8.55. The fraction of sp³-hybridized carbons (Fsp3) is 0.929. The summed E-state index contributed by atoms with van der Waals surface area (Å²) in [6.07, 6.45) is 3.67. The topological polar surface area (TPSA) is 61.4 Å². The standard InChI is InChI=1S/C14H26N2O2/c1-10(2)12(17)14(5-6-14)9-16-13(18)11-3-7-15-8-4-11/h10-12,15,17H,3-9H2,1-2H3,(H,16,18). The van der Waals surface area contributed by atoms with Gasteiger partial charge in [0, 0.05) is 17.9 Å². The molecule has 1 amide bonds. The van der Waals surface area contributed by atoms with E-state index in [2.05, 4.69) is 10.6 Å². The van der Waals surface area contributed by atoms with Crippen molar-refractivity contribution in [3.8, 4) is 0 Å². The molecule has 2 rings (SSSR count). The summed E-state index contributed by atoms with van der Waals surface area (Å²) in [5.74, 6) is 0.611. The lowest BCUT2D eigenvalue weighted by Gasteiger charge is -2.27. The van der Waals surface area contributed by atoms with Crippen LogP contribution < -0.4 is 10.6 Å². The van der Waals surface area contributed by atoms with E-state index in [0.717, 1.165) is 38.8 Å². The van der Waals surface area contributed by atoms with Crippen molar-refractivity contribution in [1.82, 2.24) is 10.6 Å². The van der Waals surface area contributed by atoms with Gasteiger partial charge < -0.3 is 15.7 Å². The van der Waals surface area contributed by atoms with Gasteiger partial charge in [0.1, 0.15) is 0 Å². The van der Waals surface area contributed by atoms with E-state index in [0.29, 0.717) is 6.54 Å². The maximum absolute atomic E-state index is 12.0. The second kappa shape index (κ2) is 5.57. The summed E-state index contributed by atoms with van der Waals surface area (Å²) in [6, 6.07) is 0. The first-order valence-corrected chi connectivity index (χ1v) is 7.22. The van der Waals surface area contributed by atoms with E-state index >= 15 is 0 Å². The molecule has 18 heavy (non-hydrogen) atoms. The van der Waals surface area contributed by atoms with Crippen LogP contribution in [0.5, 0.6) is 0 Å². The van der Waals surface area contributed by atoms with Crippen molar-refractivity contribution >= 4 is 5.91 Å². The molecule has 4 heteroatoms. The van der Waals surface area contributed by atoms with E-state index in [4.69, 9.17) is 0 Å². The van der Waals surface area contributed by atoms with Crippen LogP contribution >= 0.6 is 0 Å². The number of aliphatic hydroxyl groups excluding tert-OH is 1. The highest BCUT2D eigenvalue weighted by Crippen LogP contribution is 2.50. The number of hydrogen-bond donors (Lipinski definition) is 3. The fourth-order valence-corrected chi connectivity index (χ4v) is 2.94. The Balaban J connectivity index is 1.78. The lowest BCUT2D eigenvalue weighted by molar-refractivity contribution is -0.126. The van der Waals surface area contributed by atoms with Gasteiger partial charge >= 0.3 is 0 Å². The third-order valence-electron chi connectivity index (χ3n) is 4.48. The van der Waals surface area contributed by atoms with Gasteiger partial charge in [0.25, 0.3) is 0 Å². The number of hydrogen-bond acceptors (Lipinski definition) is 3. The second-order valence-corrected chi connectivity index (χ2v) is 6.29. The van der Waals surface area contributed by atoms with Crippen LogP contribution in [0.15, 0.2) is 0 Å². The Morgan fingerprint density at radius 3 is 2.50 bits per heavy atom. The van der Waals surface area contributed by atoms with Crippen LogP contribution in [0.25, 0.3) is 0 Å². The van der Waals surface area contributed by atoms with Gasteiger partial charge in [-0.2, -0.15) is 0 Å². The Kier molecular flexibility index (Phi) is 4.28. The Labute approximate surface area is 110 Å². The Morgan fingerprint density at radius 1 is 1.39 bits per heavy atom. The van der Waals surface area contributed by atoms with Crippen molar-refractivity contribution in [3.63, 3.8) is 0 Å². The van der Waals surface area contributed by atoms with E-state index in [9.17, 15) is 9.90 Å². The van der Waals surface area contributed by atoms with Gasteiger partial charge in [0.2, 0.25) is 5.91 Å². The summed E-state index contributed by atoms with van der Waals surface area (Å²) in [7, 11) is 0. The molecule has 0 aromatic carbocycles. The zero-order chi connectivity index (χ0) is 13.2. The number of aliphatic hydroxyl groups is 1. The van der Waals surface area contributed by atoms with Gasteiger partial charge in [-0.25, -0.2) is 0 Å². The number of amides is 1. The minimum absolute atomic E-state index is 0.0310. The summed E-state index contributed by atoms with van der Waals surface area (Å²) in [5.41, 5.74) is -0.0310. The van der Waals surface area contributed by atoms with Crippen LogP contribution in [0.1, 0.15) is 39.5 Å². The van der Waals surface area contributed by atoms with Crippen molar-refractivity contribution in [3.05, 3.63) is 0 Å². The minimum Gasteiger partial charge on any atom is -0.392 e. The van der Waals surface area contributed by atoms with Crippen LogP contribution in [0.4, 0.5) is 0 Å². The van der Waals surface area contributed by atoms with Gasteiger partial charge in [-0.05, 0) is 44.7 Å². The molecular formula is C14H26N2O2. The van der Waals surface area contributed by atoms with E-state index in [1.807, 2.05) is 13.8 Å². The predicted octanol–water partition coefficient (Wildman–Crippen LogP) is 0.899. The van der Waals surface area contributed by atoms with E-state index in [1.165, 1.54) is 0 Å². The van der Waals surface area contributed by atoms with Gasteiger partial charge in [0.05, 0.1) is 6.10 Å². The maximum atomic E-state index is 12.0. The lowest BCUT2D eigenvalue weighted by Crippen LogP contribution is -2.43. The van der Waals surface area contributed by atoms with Crippen LogP contribution in [-0.2, 0) is 4.79 Å². The molecule has 1 saturated heterocycles. The zero-order valence-corrected chi connectivity index (χ0v) is 11.5. The number of nitrogens with one attached hydrogen (secondary N) is 2. The molecule has 0 aromatic rings. The van der Waals surface area contributed by atoms with Gasteiger partial charge in [-0.15, -0.1) is 0 Å². The van der Waals surface area contributed by atoms with Crippen molar-refractivity contribution in [2.24, 2.45) is 17.3 Å². The highest BCUT2D eigenvalue weighted by molar-refractivity contribution is 5.78. The average Bonchev–Trinajstić information content (AvgIpc) is 3.17. The normalized spacial score (nSPS) is 24.9. The molecule has 4 nitrogen and oxygen atoms in total. The van der Waals surface area contributed by atoms with Crippen LogP contribution in [-0.4, -0.2) is 36.8 Å². The summed E-state index contributed by atoms with van der Waals surface area (Å²) in [5, 5.41) is 16.5. The summed E-state index contributed by atoms with van der Waals surface area (Å²) < 4.78 is 0. The van der Waals surface area contributed by atoms with Crippen LogP contribution in [0, 0.1) is 17.3 Å². The molecule has 0 spiro atoms. The smallest absolute Gasteiger partial charge is 0.223 e. The second-order valence-electron chi connectivity index (χ2n) is 6.29. The molecule has 1 aliphatic carbocycles. The quantitative estimate of drug-likeness (QED) is 0.683. The van der Waals surface area contributed by atoms with Gasteiger partial charge in [0.15, 0.2) is 0 Å². The third kappa shape index (κ3) is 3.04. The van der Waals surface area contributed by atoms with Gasteiger partial charge in [-0.3, -0.25) is 4.79 Å².